The van der Waals surface area contributed by atoms with Crippen molar-refractivity contribution in [2.75, 3.05) is 6.61 Å². The van der Waals surface area contributed by atoms with Crippen LogP contribution in [0.15, 0.2) is 0 Å². The maximum absolute atomic E-state index is 10.0. The molecule has 0 aromatic rings. The summed E-state index contributed by atoms with van der Waals surface area (Å²) in [5.41, 5.74) is 5.04. The number of aliphatic hydroxyl groups excluding tert-OH is 4. The van der Waals surface area contributed by atoms with Gasteiger partial charge in [-0.15, -0.1) is 12.4 Å². The minimum Gasteiger partial charge on any atom is -0.394 e. The lowest BCUT2D eigenvalue weighted by Crippen LogP contribution is -2.49. The van der Waals surface area contributed by atoms with Gasteiger partial charge in [-0.3, -0.25) is 0 Å². The van der Waals surface area contributed by atoms with Gasteiger partial charge in [-0.2, -0.15) is 0 Å². The SMILES string of the molecule is Cl.N[C@H](C=O)[C@@H](O)[C@H](O)[C@H](O)CO. The zero-order valence-electron chi connectivity index (χ0n) is 6.78. The Bertz CT molecular complexity index is 147. The van der Waals surface area contributed by atoms with Crippen molar-refractivity contribution in [2.24, 2.45) is 5.73 Å². The van der Waals surface area contributed by atoms with Crippen LogP contribution in [0.4, 0.5) is 0 Å². The zero-order valence-corrected chi connectivity index (χ0v) is 7.59. The third kappa shape index (κ3) is 4.51. The molecule has 0 rings (SSSR count). The molecule has 0 heterocycles. The van der Waals surface area contributed by atoms with Crippen LogP contribution in [0.1, 0.15) is 0 Å². The first-order valence-electron chi connectivity index (χ1n) is 3.40. The standard InChI is InChI=1S/C6H13NO5.ClH/c7-3(1-8)5(11)6(12)4(10)2-9;/h1,3-6,9-12H,2,7H2;1H/t3-,4-,5-,6-;/m1./s1. The van der Waals surface area contributed by atoms with Crippen LogP contribution in [-0.4, -0.2) is 57.7 Å². The van der Waals surface area contributed by atoms with Gasteiger partial charge in [-0.1, -0.05) is 0 Å². The van der Waals surface area contributed by atoms with E-state index in [1.54, 1.807) is 0 Å². The van der Waals surface area contributed by atoms with Crippen LogP contribution in [0.5, 0.6) is 0 Å². The molecule has 0 aliphatic heterocycles. The molecule has 0 unspecified atom stereocenters. The molecule has 0 radical (unpaired) electrons. The molecule has 6 N–H and O–H groups in total. The van der Waals surface area contributed by atoms with Gasteiger partial charge in [0, 0.05) is 0 Å². The predicted octanol–water partition coefficient (Wildman–Crippen LogP) is -2.99. The van der Waals surface area contributed by atoms with E-state index in [0.29, 0.717) is 0 Å². The van der Waals surface area contributed by atoms with Crippen molar-refractivity contribution in [3.63, 3.8) is 0 Å². The third-order valence-electron chi connectivity index (χ3n) is 1.48. The van der Waals surface area contributed by atoms with Crippen LogP contribution in [-0.2, 0) is 4.79 Å². The van der Waals surface area contributed by atoms with Gasteiger partial charge in [-0.25, -0.2) is 0 Å². The molecule has 7 heteroatoms. The molecule has 0 aromatic carbocycles. The molecule has 0 aliphatic carbocycles. The Hall–Kier alpha value is -0.240. The molecule has 4 atom stereocenters. The van der Waals surface area contributed by atoms with Gasteiger partial charge in [0.25, 0.3) is 0 Å². The summed E-state index contributed by atoms with van der Waals surface area (Å²) in [5.74, 6) is 0. The Morgan fingerprint density at radius 1 is 1.23 bits per heavy atom. The zero-order chi connectivity index (χ0) is 9.72. The van der Waals surface area contributed by atoms with Crippen LogP contribution in [0.2, 0.25) is 0 Å². The molecule has 6 nitrogen and oxygen atoms in total. The average Bonchev–Trinajstić information content (AvgIpc) is 2.12. The normalized spacial score (nSPS) is 19.5. The highest BCUT2D eigenvalue weighted by atomic mass is 35.5. The fourth-order valence-corrected chi connectivity index (χ4v) is 0.644. The summed E-state index contributed by atoms with van der Waals surface area (Å²) in [4.78, 5) is 10.0. The van der Waals surface area contributed by atoms with Crippen LogP contribution >= 0.6 is 12.4 Å². The average molecular weight is 216 g/mol. The van der Waals surface area contributed by atoms with Gasteiger partial charge in [0.1, 0.15) is 24.6 Å². The number of hydrogen-bond donors (Lipinski definition) is 5. The highest BCUT2D eigenvalue weighted by Gasteiger charge is 2.28. The number of nitrogens with two attached hydrogens (primary N) is 1. The van der Waals surface area contributed by atoms with Crippen molar-refractivity contribution in [1.29, 1.82) is 0 Å². The molecular formula is C6H14ClNO5. The minimum atomic E-state index is -1.62. The van der Waals surface area contributed by atoms with Crippen molar-refractivity contribution in [3.8, 4) is 0 Å². The van der Waals surface area contributed by atoms with E-state index in [2.05, 4.69) is 0 Å². The summed E-state index contributed by atoms with van der Waals surface area (Å²) in [6.07, 6.45) is -4.43. The van der Waals surface area contributed by atoms with E-state index in [9.17, 15) is 4.79 Å². The maximum atomic E-state index is 10.0. The van der Waals surface area contributed by atoms with Crippen LogP contribution in [0.3, 0.4) is 0 Å². The number of halogens is 1. The van der Waals surface area contributed by atoms with Gasteiger partial charge < -0.3 is 31.0 Å². The Morgan fingerprint density at radius 2 is 1.69 bits per heavy atom. The lowest BCUT2D eigenvalue weighted by molar-refractivity contribution is -0.118. The van der Waals surface area contributed by atoms with E-state index in [4.69, 9.17) is 26.2 Å². The van der Waals surface area contributed by atoms with Gasteiger partial charge >= 0.3 is 0 Å². The number of carbonyl (C=O) groups is 1. The molecule has 13 heavy (non-hydrogen) atoms. The van der Waals surface area contributed by atoms with Gasteiger partial charge in [0.15, 0.2) is 0 Å². The second-order valence-corrected chi connectivity index (χ2v) is 2.44. The first-order valence-corrected chi connectivity index (χ1v) is 3.40. The maximum Gasteiger partial charge on any atom is 0.139 e. The van der Waals surface area contributed by atoms with Crippen molar-refractivity contribution in [2.45, 2.75) is 24.4 Å². The quantitative estimate of drug-likeness (QED) is 0.312. The summed E-state index contributed by atoms with van der Waals surface area (Å²) >= 11 is 0. The topological polar surface area (TPSA) is 124 Å². The lowest BCUT2D eigenvalue weighted by atomic mass is 10.0. The second kappa shape index (κ2) is 7.19. The summed E-state index contributed by atoms with van der Waals surface area (Å²) in [6, 6.07) is -1.26. The van der Waals surface area contributed by atoms with Crippen molar-refractivity contribution in [3.05, 3.63) is 0 Å². The molecule has 0 spiro atoms. The number of aldehydes is 1. The van der Waals surface area contributed by atoms with Crippen LogP contribution in [0, 0.1) is 0 Å². The molecule has 0 fully saturated rings. The Kier molecular flexibility index (Phi) is 8.43. The van der Waals surface area contributed by atoms with Crippen LogP contribution < -0.4 is 5.73 Å². The number of aliphatic hydroxyl groups is 4. The first kappa shape index (κ1) is 15.2. The minimum absolute atomic E-state index is 0. The number of carbonyl (C=O) groups excluding carboxylic acids is 1. The van der Waals surface area contributed by atoms with Crippen molar-refractivity contribution >= 4 is 18.7 Å². The summed E-state index contributed by atoms with van der Waals surface area (Å²) in [6.45, 7) is -0.705. The summed E-state index contributed by atoms with van der Waals surface area (Å²) < 4.78 is 0. The Morgan fingerprint density at radius 3 is 2.00 bits per heavy atom. The third-order valence-corrected chi connectivity index (χ3v) is 1.48. The van der Waals surface area contributed by atoms with Crippen LogP contribution in [0.25, 0.3) is 0 Å². The molecule has 80 valence electrons. The van der Waals surface area contributed by atoms with E-state index < -0.39 is 31.0 Å². The fourth-order valence-electron chi connectivity index (χ4n) is 0.644. The first-order chi connectivity index (χ1) is 5.54. The molecular weight excluding hydrogens is 202 g/mol. The van der Waals surface area contributed by atoms with Crippen molar-refractivity contribution in [1.82, 2.24) is 0 Å². The fraction of sp³-hybridized carbons (Fsp3) is 0.833. The van der Waals surface area contributed by atoms with Gasteiger partial charge in [0.05, 0.1) is 12.6 Å². The van der Waals surface area contributed by atoms with Gasteiger partial charge in [-0.05, 0) is 0 Å². The molecule has 0 amide bonds. The molecule has 0 bridgehead atoms. The van der Waals surface area contributed by atoms with E-state index in [1.807, 2.05) is 0 Å². The lowest BCUT2D eigenvalue weighted by Gasteiger charge is -2.23. The van der Waals surface area contributed by atoms with E-state index in [0.717, 1.165) is 0 Å². The molecule has 0 aliphatic rings. The van der Waals surface area contributed by atoms with Gasteiger partial charge in [0.2, 0.25) is 0 Å². The number of rotatable bonds is 5. The predicted molar refractivity (Wildman–Crippen MR) is 46.4 cm³/mol. The summed E-state index contributed by atoms with van der Waals surface area (Å²) in [5, 5.41) is 35.2. The van der Waals surface area contributed by atoms with E-state index >= 15 is 0 Å². The second-order valence-electron chi connectivity index (χ2n) is 2.44. The highest BCUT2D eigenvalue weighted by Crippen LogP contribution is 2.01. The van der Waals surface area contributed by atoms with E-state index in [-0.39, 0.29) is 18.7 Å². The summed E-state index contributed by atoms with van der Waals surface area (Å²) in [7, 11) is 0. The highest BCUT2D eigenvalue weighted by molar-refractivity contribution is 5.85. The largest absolute Gasteiger partial charge is 0.394 e. The Labute approximate surface area is 81.4 Å². The van der Waals surface area contributed by atoms with Crippen molar-refractivity contribution < 1.29 is 25.2 Å². The Balaban J connectivity index is 0. The smallest absolute Gasteiger partial charge is 0.139 e. The molecule has 0 saturated heterocycles. The molecule has 0 saturated carbocycles. The monoisotopic (exact) mass is 215 g/mol. The molecule has 0 aromatic heterocycles. The van der Waals surface area contributed by atoms with E-state index in [1.165, 1.54) is 0 Å². The number of hydrogen-bond acceptors (Lipinski definition) is 6.